The van der Waals surface area contributed by atoms with Crippen molar-refractivity contribution in [1.29, 1.82) is 0 Å². The Morgan fingerprint density at radius 1 is 1.64 bits per heavy atom. The van der Waals surface area contributed by atoms with Crippen LogP contribution in [0.2, 0.25) is 0 Å². The van der Waals surface area contributed by atoms with Crippen LogP contribution in [-0.4, -0.2) is 4.98 Å². The fourth-order valence-corrected chi connectivity index (χ4v) is 1.68. The number of nitrogens with two attached hydrogens (primary N) is 1. The molecule has 64 valence electrons. The van der Waals surface area contributed by atoms with Crippen LogP contribution in [0.1, 0.15) is 24.0 Å². The summed E-state index contributed by atoms with van der Waals surface area (Å²) in [5, 5.41) is 3.24. The van der Waals surface area contributed by atoms with E-state index in [1.54, 1.807) is 11.3 Å². The van der Waals surface area contributed by atoms with Crippen molar-refractivity contribution in [3.63, 3.8) is 0 Å². The van der Waals surface area contributed by atoms with Gasteiger partial charge in [-0.25, -0.2) is 4.98 Å². The SMILES string of the molecule is CCCc1nc(CN)cs1.Cl. The Morgan fingerprint density at radius 2 is 2.36 bits per heavy atom. The summed E-state index contributed by atoms with van der Waals surface area (Å²) in [6.45, 7) is 2.73. The van der Waals surface area contributed by atoms with Gasteiger partial charge in [0.2, 0.25) is 0 Å². The molecule has 0 bridgehead atoms. The standard InChI is InChI=1S/C7H12N2S.ClH/c1-2-3-7-9-6(4-8)5-10-7;/h5H,2-4,8H2,1H3;1H. The molecular formula is C7H13ClN2S. The number of thiazole rings is 1. The van der Waals surface area contributed by atoms with E-state index in [1.807, 2.05) is 5.38 Å². The van der Waals surface area contributed by atoms with Gasteiger partial charge in [-0.05, 0) is 12.8 Å². The van der Waals surface area contributed by atoms with E-state index in [2.05, 4.69) is 11.9 Å². The summed E-state index contributed by atoms with van der Waals surface area (Å²) in [4.78, 5) is 4.31. The second-order valence-corrected chi connectivity index (χ2v) is 3.13. The first-order valence-corrected chi connectivity index (χ1v) is 4.38. The lowest BCUT2D eigenvalue weighted by Crippen LogP contribution is -1.96. The Morgan fingerprint density at radius 3 is 2.82 bits per heavy atom. The molecule has 1 aromatic heterocycles. The highest BCUT2D eigenvalue weighted by molar-refractivity contribution is 7.09. The molecule has 0 amide bonds. The van der Waals surface area contributed by atoms with E-state index in [9.17, 15) is 0 Å². The summed E-state index contributed by atoms with van der Waals surface area (Å²) < 4.78 is 0. The van der Waals surface area contributed by atoms with Gasteiger partial charge in [-0.15, -0.1) is 23.7 Å². The second kappa shape index (κ2) is 5.52. The minimum absolute atomic E-state index is 0. The van der Waals surface area contributed by atoms with Crippen molar-refractivity contribution in [3.05, 3.63) is 16.1 Å². The summed E-state index contributed by atoms with van der Waals surface area (Å²) in [6.07, 6.45) is 2.25. The van der Waals surface area contributed by atoms with Crippen molar-refractivity contribution in [2.24, 2.45) is 5.73 Å². The van der Waals surface area contributed by atoms with Gasteiger partial charge in [-0.3, -0.25) is 0 Å². The molecule has 0 spiro atoms. The zero-order chi connectivity index (χ0) is 7.40. The average molecular weight is 193 g/mol. The van der Waals surface area contributed by atoms with Crippen molar-refractivity contribution in [3.8, 4) is 0 Å². The third kappa shape index (κ3) is 3.18. The maximum absolute atomic E-state index is 5.40. The fraction of sp³-hybridized carbons (Fsp3) is 0.571. The molecule has 0 fully saturated rings. The van der Waals surface area contributed by atoms with Crippen molar-refractivity contribution in [1.82, 2.24) is 4.98 Å². The number of halogens is 1. The second-order valence-electron chi connectivity index (χ2n) is 2.19. The van der Waals surface area contributed by atoms with Crippen LogP contribution in [0.25, 0.3) is 0 Å². The van der Waals surface area contributed by atoms with Gasteiger partial charge < -0.3 is 5.73 Å². The van der Waals surface area contributed by atoms with Crippen molar-refractivity contribution < 1.29 is 0 Å². The van der Waals surface area contributed by atoms with Crippen LogP contribution in [0.4, 0.5) is 0 Å². The van der Waals surface area contributed by atoms with Crippen LogP contribution in [0.5, 0.6) is 0 Å². The van der Waals surface area contributed by atoms with Gasteiger partial charge >= 0.3 is 0 Å². The number of hydrogen-bond acceptors (Lipinski definition) is 3. The summed E-state index contributed by atoms with van der Waals surface area (Å²) in [5.41, 5.74) is 6.43. The minimum Gasteiger partial charge on any atom is -0.325 e. The van der Waals surface area contributed by atoms with Gasteiger partial charge in [0.25, 0.3) is 0 Å². The fourth-order valence-electron chi connectivity index (χ4n) is 0.771. The van der Waals surface area contributed by atoms with Crippen LogP contribution < -0.4 is 5.73 Å². The van der Waals surface area contributed by atoms with Gasteiger partial charge in [0.15, 0.2) is 0 Å². The number of nitrogens with zero attached hydrogens (tertiary/aromatic N) is 1. The van der Waals surface area contributed by atoms with Gasteiger partial charge in [-0.2, -0.15) is 0 Å². The molecule has 0 aliphatic heterocycles. The van der Waals surface area contributed by atoms with E-state index < -0.39 is 0 Å². The zero-order valence-electron chi connectivity index (χ0n) is 6.54. The lowest BCUT2D eigenvalue weighted by Gasteiger charge is -1.87. The third-order valence-electron chi connectivity index (χ3n) is 1.27. The summed E-state index contributed by atoms with van der Waals surface area (Å²) in [6, 6.07) is 0. The van der Waals surface area contributed by atoms with Gasteiger partial charge in [0.1, 0.15) is 0 Å². The maximum Gasteiger partial charge on any atom is 0.0928 e. The summed E-state index contributed by atoms with van der Waals surface area (Å²) >= 11 is 1.71. The van der Waals surface area contributed by atoms with Crippen LogP contribution in [0.15, 0.2) is 5.38 Å². The zero-order valence-corrected chi connectivity index (χ0v) is 8.17. The molecule has 4 heteroatoms. The normalized spacial score (nSPS) is 9.27. The highest BCUT2D eigenvalue weighted by Crippen LogP contribution is 2.10. The molecule has 0 aliphatic rings. The van der Waals surface area contributed by atoms with Crippen molar-refractivity contribution in [2.75, 3.05) is 0 Å². The molecule has 11 heavy (non-hydrogen) atoms. The van der Waals surface area contributed by atoms with Crippen molar-refractivity contribution in [2.45, 2.75) is 26.3 Å². The molecule has 0 aliphatic carbocycles. The minimum atomic E-state index is 0. The summed E-state index contributed by atoms with van der Waals surface area (Å²) in [5.74, 6) is 0. The Kier molecular flexibility index (Phi) is 5.46. The molecular weight excluding hydrogens is 180 g/mol. The van der Waals surface area contributed by atoms with E-state index in [4.69, 9.17) is 5.73 Å². The molecule has 1 rings (SSSR count). The molecule has 1 aromatic rings. The van der Waals surface area contributed by atoms with E-state index in [-0.39, 0.29) is 12.4 Å². The quantitative estimate of drug-likeness (QED) is 0.796. The Hall–Kier alpha value is -0.120. The molecule has 1 heterocycles. The number of hydrogen-bond donors (Lipinski definition) is 1. The topological polar surface area (TPSA) is 38.9 Å². The first-order chi connectivity index (χ1) is 4.86. The maximum atomic E-state index is 5.40. The molecule has 0 unspecified atom stereocenters. The van der Waals surface area contributed by atoms with Crippen LogP contribution >= 0.6 is 23.7 Å². The Bertz CT molecular complexity index is 200. The largest absolute Gasteiger partial charge is 0.325 e. The van der Waals surface area contributed by atoms with Crippen LogP contribution in [0, 0.1) is 0 Å². The first kappa shape index (κ1) is 10.9. The predicted molar refractivity (Wildman–Crippen MR) is 51.2 cm³/mol. The average Bonchev–Trinajstić information content (AvgIpc) is 2.37. The van der Waals surface area contributed by atoms with E-state index >= 15 is 0 Å². The van der Waals surface area contributed by atoms with Gasteiger partial charge in [-0.1, -0.05) is 6.92 Å². The molecule has 2 nitrogen and oxygen atoms in total. The molecule has 0 radical (unpaired) electrons. The van der Waals surface area contributed by atoms with Crippen molar-refractivity contribution >= 4 is 23.7 Å². The molecule has 0 aromatic carbocycles. The number of aryl methyl sites for hydroxylation is 1. The monoisotopic (exact) mass is 192 g/mol. The highest BCUT2D eigenvalue weighted by Gasteiger charge is 1.97. The Labute approximate surface area is 77.2 Å². The van der Waals surface area contributed by atoms with Gasteiger partial charge in [0, 0.05) is 11.9 Å². The number of rotatable bonds is 3. The smallest absolute Gasteiger partial charge is 0.0928 e. The highest BCUT2D eigenvalue weighted by atomic mass is 35.5. The summed E-state index contributed by atoms with van der Waals surface area (Å²) in [7, 11) is 0. The Balaban J connectivity index is 0.000001000. The number of aromatic nitrogens is 1. The lowest BCUT2D eigenvalue weighted by atomic mass is 10.3. The molecule has 2 N–H and O–H groups in total. The van der Waals surface area contributed by atoms with E-state index in [1.165, 1.54) is 5.01 Å². The predicted octanol–water partition coefficient (Wildman–Crippen LogP) is 1.98. The lowest BCUT2D eigenvalue weighted by molar-refractivity contribution is 0.888. The van der Waals surface area contributed by atoms with Crippen LogP contribution in [-0.2, 0) is 13.0 Å². The van der Waals surface area contributed by atoms with Crippen LogP contribution in [0.3, 0.4) is 0 Å². The first-order valence-electron chi connectivity index (χ1n) is 3.50. The molecule has 0 saturated heterocycles. The van der Waals surface area contributed by atoms with E-state index in [0.29, 0.717) is 6.54 Å². The van der Waals surface area contributed by atoms with E-state index in [0.717, 1.165) is 18.5 Å². The molecule has 0 atom stereocenters. The third-order valence-corrected chi connectivity index (χ3v) is 2.23. The van der Waals surface area contributed by atoms with Gasteiger partial charge in [0.05, 0.1) is 10.7 Å². The molecule has 0 saturated carbocycles.